The summed E-state index contributed by atoms with van der Waals surface area (Å²) < 4.78 is 22.5. The lowest BCUT2D eigenvalue weighted by atomic mass is 10.3. The van der Waals surface area contributed by atoms with E-state index in [4.69, 9.17) is 5.14 Å². The highest BCUT2D eigenvalue weighted by Crippen LogP contribution is 2.22. The number of anilines is 1. The van der Waals surface area contributed by atoms with Crippen molar-refractivity contribution in [2.45, 2.75) is 18.6 Å². The van der Waals surface area contributed by atoms with Gasteiger partial charge in [-0.25, -0.2) is 18.4 Å². The average molecular weight is 288 g/mol. The summed E-state index contributed by atoms with van der Waals surface area (Å²) in [6, 6.07) is 0. The van der Waals surface area contributed by atoms with Crippen molar-refractivity contribution >= 4 is 21.6 Å². The number of hydrogen-bond acceptors (Lipinski definition) is 5. The number of amides is 1. The van der Waals surface area contributed by atoms with Gasteiger partial charge in [-0.1, -0.05) is 0 Å². The monoisotopic (exact) mass is 288 g/mol. The molecule has 1 saturated heterocycles. The lowest BCUT2D eigenvalue weighted by Gasteiger charge is -2.16. The number of aromatic nitrogens is 2. The number of nitrogens with two attached hydrogens (primary N) is 1. The van der Waals surface area contributed by atoms with E-state index in [1.807, 2.05) is 4.98 Å². The summed E-state index contributed by atoms with van der Waals surface area (Å²) in [6.45, 7) is 1.25. The van der Waals surface area contributed by atoms with Gasteiger partial charge in [-0.15, -0.1) is 0 Å². The standard InChI is InChI=1S/C9H12N4O5S/c1-4-7(8(15)12-9(16)11-4)13-3-5(2-6(13)14)19(10,17)18/h5H,2-3H2,1H3,(H2,10,17,18)(H2,11,12,15,16). The molecule has 4 N–H and O–H groups in total. The Labute approximate surface area is 107 Å². The van der Waals surface area contributed by atoms with Crippen LogP contribution in [-0.2, 0) is 14.8 Å². The van der Waals surface area contributed by atoms with Crippen LogP contribution in [0.3, 0.4) is 0 Å². The molecule has 2 rings (SSSR count). The lowest BCUT2D eigenvalue weighted by molar-refractivity contribution is -0.117. The van der Waals surface area contributed by atoms with Crippen LogP contribution in [0.1, 0.15) is 12.1 Å². The van der Waals surface area contributed by atoms with Gasteiger partial charge >= 0.3 is 5.69 Å². The molecular formula is C9H12N4O5S. The smallest absolute Gasteiger partial charge is 0.309 e. The molecule has 10 heteroatoms. The van der Waals surface area contributed by atoms with Crippen LogP contribution in [-0.4, -0.2) is 36.1 Å². The van der Waals surface area contributed by atoms with Crippen molar-refractivity contribution in [3.8, 4) is 0 Å². The lowest BCUT2D eigenvalue weighted by Crippen LogP contribution is -2.37. The van der Waals surface area contributed by atoms with E-state index in [1.54, 1.807) is 0 Å². The third kappa shape index (κ3) is 2.44. The molecule has 1 aromatic heterocycles. The Hall–Kier alpha value is -1.94. The number of nitrogens with zero attached hydrogens (tertiary/aromatic N) is 1. The first kappa shape index (κ1) is 13.5. The molecule has 0 aromatic carbocycles. The van der Waals surface area contributed by atoms with Crippen molar-refractivity contribution in [1.29, 1.82) is 0 Å². The highest BCUT2D eigenvalue weighted by molar-refractivity contribution is 7.89. The van der Waals surface area contributed by atoms with Crippen LogP contribution in [0.5, 0.6) is 0 Å². The highest BCUT2D eigenvalue weighted by atomic mass is 32.2. The molecule has 0 bridgehead atoms. The summed E-state index contributed by atoms with van der Waals surface area (Å²) in [6.07, 6.45) is -0.281. The number of carbonyl (C=O) groups is 1. The second-order valence-electron chi connectivity index (χ2n) is 4.30. The second kappa shape index (κ2) is 4.31. The molecule has 104 valence electrons. The van der Waals surface area contributed by atoms with E-state index in [-0.39, 0.29) is 24.3 Å². The number of H-pyrrole nitrogens is 2. The van der Waals surface area contributed by atoms with Gasteiger partial charge in [0.25, 0.3) is 5.56 Å². The zero-order valence-corrected chi connectivity index (χ0v) is 10.8. The van der Waals surface area contributed by atoms with Gasteiger partial charge in [0.2, 0.25) is 15.9 Å². The van der Waals surface area contributed by atoms with E-state index >= 15 is 0 Å². The molecule has 1 aliphatic heterocycles. The number of aromatic amines is 2. The second-order valence-corrected chi connectivity index (χ2v) is 6.15. The van der Waals surface area contributed by atoms with Crippen molar-refractivity contribution in [2.75, 3.05) is 11.4 Å². The number of sulfonamides is 1. The SMILES string of the molecule is Cc1[nH]c(=O)[nH]c(=O)c1N1CC(S(N)(=O)=O)CC1=O. The van der Waals surface area contributed by atoms with Gasteiger partial charge in [0.05, 0.1) is 0 Å². The predicted molar refractivity (Wildman–Crippen MR) is 66.3 cm³/mol. The van der Waals surface area contributed by atoms with Crippen LogP contribution >= 0.6 is 0 Å². The third-order valence-corrected chi connectivity index (χ3v) is 4.17. The van der Waals surface area contributed by atoms with Gasteiger partial charge in [0.15, 0.2) is 0 Å². The fourth-order valence-electron chi connectivity index (χ4n) is 2.03. The van der Waals surface area contributed by atoms with Crippen LogP contribution in [0.25, 0.3) is 0 Å². The first-order valence-corrected chi connectivity index (χ1v) is 6.96. The summed E-state index contributed by atoms with van der Waals surface area (Å²) in [5.41, 5.74) is -1.31. The summed E-state index contributed by atoms with van der Waals surface area (Å²) >= 11 is 0. The summed E-state index contributed by atoms with van der Waals surface area (Å²) in [4.78, 5) is 39.9. The Kier molecular flexibility index (Phi) is 3.06. The number of nitrogens with one attached hydrogen (secondary N) is 2. The maximum absolute atomic E-state index is 11.8. The van der Waals surface area contributed by atoms with Gasteiger partial charge < -0.3 is 9.88 Å². The molecule has 1 amide bonds. The minimum absolute atomic E-state index is 0.0595. The zero-order chi connectivity index (χ0) is 14.4. The molecule has 1 atom stereocenters. The molecule has 0 spiro atoms. The van der Waals surface area contributed by atoms with E-state index in [1.165, 1.54) is 6.92 Å². The number of carbonyl (C=O) groups excluding carboxylic acids is 1. The van der Waals surface area contributed by atoms with E-state index < -0.39 is 32.4 Å². The molecule has 0 radical (unpaired) electrons. The van der Waals surface area contributed by atoms with E-state index in [2.05, 4.69) is 4.98 Å². The number of hydrogen-bond donors (Lipinski definition) is 3. The Balaban J connectivity index is 2.48. The first-order valence-electron chi connectivity index (χ1n) is 5.35. The molecule has 1 fully saturated rings. The summed E-state index contributed by atoms with van der Waals surface area (Å²) in [7, 11) is -3.86. The Morgan fingerprint density at radius 3 is 2.37 bits per heavy atom. The fraction of sp³-hybridized carbons (Fsp3) is 0.444. The van der Waals surface area contributed by atoms with Crippen LogP contribution in [0.15, 0.2) is 9.59 Å². The van der Waals surface area contributed by atoms with Crippen LogP contribution in [0.2, 0.25) is 0 Å². The fourth-order valence-corrected chi connectivity index (χ4v) is 2.76. The van der Waals surface area contributed by atoms with Crippen LogP contribution in [0.4, 0.5) is 5.69 Å². The van der Waals surface area contributed by atoms with Crippen molar-refractivity contribution < 1.29 is 13.2 Å². The van der Waals surface area contributed by atoms with Gasteiger partial charge in [-0.3, -0.25) is 14.6 Å². The molecule has 9 nitrogen and oxygen atoms in total. The van der Waals surface area contributed by atoms with Crippen LogP contribution < -0.4 is 21.3 Å². The molecular weight excluding hydrogens is 276 g/mol. The highest BCUT2D eigenvalue weighted by Gasteiger charge is 2.38. The molecule has 1 aromatic rings. The molecule has 2 heterocycles. The minimum Gasteiger partial charge on any atom is -0.309 e. The number of rotatable bonds is 2. The van der Waals surface area contributed by atoms with Crippen molar-refractivity contribution in [3.63, 3.8) is 0 Å². The maximum atomic E-state index is 11.8. The molecule has 0 aliphatic carbocycles. The first-order chi connectivity index (χ1) is 8.70. The normalized spacial score (nSPS) is 20.0. The predicted octanol–water partition coefficient (Wildman–Crippen LogP) is -2.23. The molecule has 1 aliphatic rings. The molecule has 0 saturated carbocycles. The molecule has 19 heavy (non-hydrogen) atoms. The average Bonchev–Trinajstić information content (AvgIpc) is 2.59. The van der Waals surface area contributed by atoms with Gasteiger partial charge in [-0.2, -0.15) is 0 Å². The van der Waals surface area contributed by atoms with E-state index in [9.17, 15) is 22.8 Å². The molecule has 1 unspecified atom stereocenters. The van der Waals surface area contributed by atoms with Gasteiger partial charge in [0.1, 0.15) is 10.9 Å². The zero-order valence-electron chi connectivity index (χ0n) is 9.97. The van der Waals surface area contributed by atoms with Crippen molar-refractivity contribution in [1.82, 2.24) is 9.97 Å². The van der Waals surface area contributed by atoms with Crippen molar-refractivity contribution in [3.05, 3.63) is 26.5 Å². The topological polar surface area (TPSA) is 146 Å². The Morgan fingerprint density at radius 2 is 1.89 bits per heavy atom. The van der Waals surface area contributed by atoms with E-state index in [0.717, 1.165) is 4.90 Å². The maximum Gasteiger partial charge on any atom is 0.326 e. The third-order valence-electron chi connectivity index (χ3n) is 2.92. The summed E-state index contributed by atoms with van der Waals surface area (Å²) in [5, 5.41) is 3.94. The van der Waals surface area contributed by atoms with E-state index in [0.29, 0.717) is 0 Å². The van der Waals surface area contributed by atoms with Crippen LogP contribution in [0, 0.1) is 6.92 Å². The quantitative estimate of drug-likeness (QED) is 0.563. The Morgan fingerprint density at radius 1 is 1.26 bits per heavy atom. The minimum atomic E-state index is -3.86. The largest absolute Gasteiger partial charge is 0.326 e. The Bertz CT molecular complexity index is 747. The van der Waals surface area contributed by atoms with Gasteiger partial charge in [-0.05, 0) is 6.92 Å². The number of primary sulfonamides is 1. The van der Waals surface area contributed by atoms with Crippen molar-refractivity contribution in [2.24, 2.45) is 5.14 Å². The van der Waals surface area contributed by atoms with Gasteiger partial charge in [0, 0.05) is 18.7 Å². The summed E-state index contributed by atoms with van der Waals surface area (Å²) in [5.74, 6) is -0.528. The number of aryl methyl sites for hydroxylation is 1.